The van der Waals surface area contributed by atoms with Crippen molar-refractivity contribution in [3.05, 3.63) is 11.9 Å². The molecule has 20 heavy (non-hydrogen) atoms. The van der Waals surface area contributed by atoms with Gasteiger partial charge in [-0.1, -0.05) is 0 Å². The van der Waals surface area contributed by atoms with E-state index in [4.69, 9.17) is 4.74 Å². The van der Waals surface area contributed by atoms with Gasteiger partial charge in [0, 0.05) is 25.2 Å². The van der Waals surface area contributed by atoms with E-state index in [9.17, 15) is 0 Å². The van der Waals surface area contributed by atoms with Crippen LogP contribution in [0.5, 0.6) is 5.88 Å². The summed E-state index contributed by atoms with van der Waals surface area (Å²) in [6.45, 7) is 5.22. The molecule has 1 aromatic rings. The Balaban J connectivity index is 1.77. The summed E-state index contributed by atoms with van der Waals surface area (Å²) in [5.41, 5.74) is 0. The third-order valence-corrected chi connectivity index (χ3v) is 4.11. The van der Waals surface area contributed by atoms with Gasteiger partial charge < -0.3 is 15.0 Å². The standard InChI is InChI=1S/C15H24N4O/c1-11-17-14(8-15(18-11)20-2)19(9-12-5-6-12)10-13-4-3-7-16-13/h8,12-13,16H,3-7,9-10H2,1-2H3. The van der Waals surface area contributed by atoms with Crippen molar-refractivity contribution in [2.45, 2.75) is 38.6 Å². The summed E-state index contributed by atoms with van der Waals surface area (Å²) in [6, 6.07) is 2.56. The molecule has 2 heterocycles. The lowest BCUT2D eigenvalue weighted by Crippen LogP contribution is -2.39. The molecule has 1 unspecified atom stereocenters. The predicted molar refractivity (Wildman–Crippen MR) is 79.3 cm³/mol. The summed E-state index contributed by atoms with van der Waals surface area (Å²) < 4.78 is 5.28. The highest BCUT2D eigenvalue weighted by molar-refractivity contribution is 5.42. The summed E-state index contributed by atoms with van der Waals surface area (Å²) in [6.07, 6.45) is 5.27. The Morgan fingerprint density at radius 3 is 2.80 bits per heavy atom. The highest BCUT2D eigenvalue weighted by Gasteiger charge is 2.27. The first-order valence-electron chi connectivity index (χ1n) is 7.62. The van der Waals surface area contributed by atoms with E-state index < -0.39 is 0 Å². The average molecular weight is 276 g/mol. The molecule has 1 saturated heterocycles. The number of nitrogens with one attached hydrogen (secondary N) is 1. The number of rotatable bonds is 6. The molecule has 1 atom stereocenters. The van der Waals surface area contributed by atoms with Gasteiger partial charge >= 0.3 is 0 Å². The number of methoxy groups -OCH3 is 1. The maximum Gasteiger partial charge on any atom is 0.218 e. The van der Waals surface area contributed by atoms with Crippen molar-refractivity contribution in [1.82, 2.24) is 15.3 Å². The number of hydrogen-bond acceptors (Lipinski definition) is 5. The highest BCUT2D eigenvalue weighted by atomic mass is 16.5. The Labute approximate surface area is 120 Å². The molecule has 1 aromatic heterocycles. The lowest BCUT2D eigenvalue weighted by molar-refractivity contribution is 0.395. The molecule has 110 valence electrons. The predicted octanol–water partition coefficient (Wildman–Crippen LogP) is 1.76. The van der Waals surface area contributed by atoms with Crippen LogP contribution in [0.2, 0.25) is 0 Å². The van der Waals surface area contributed by atoms with Crippen molar-refractivity contribution in [3.63, 3.8) is 0 Å². The summed E-state index contributed by atoms with van der Waals surface area (Å²) in [7, 11) is 1.66. The van der Waals surface area contributed by atoms with Gasteiger partial charge in [0.25, 0.3) is 0 Å². The Bertz CT molecular complexity index is 455. The molecule has 0 spiro atoms. The fourth-order valence-electron chi connectivity index (χ4n) is 2.84. The molecule has 2 fully saturated rings. The maximum atomic E-state index is 5.28. The normalized spacial score (nSPS) is 22.0. The number of aryl methyl sites for hydroxylation is 1. The van der Waals surface area contributed by atoms with Gasteiger partial charge in [0.1, 0.15) is 11.6 Å². The van der Waals surface area contributed by atoms with Crippen molar-refractivity contribution in [1.29, 1.82) is 0 Å². The quantitative estimate of drug-likeness (QED) is 0.858. The van der Waals surface area contributed by atoms with Crippen LogP contribution >= 0.6 is 0 Å². The van der Waals surface area contributed by atoms with E-state index in [2.05, 4.69) is 20.2 Å². The van der Waals surface area contributed by atoms with Crippen molar-refractivity contribution in [2.75, 3.05) is 31.6 Å². The molecule has 1 N–H and O–H groups in total. The van der Waals surface area contributed by atoms with E-state index in [1.165, 1.54) is 25.7 Å². The molecule has 0 aromatic carbocycles. The SMILES string of the molecule is COc1cc(N(CC2CC2)CC2CCCN2)nc(C)n1. The molecule has 1 saturated carbocycles. The van der Waals surface area contributed by atoms with Crippen LogP contribution in [0.3, 0.4) is 0 Å². The topological polar surface area (TPSA) is 50.3 Å². The number of aromatic nitrogens is 2. The van der Waals surface area contributed by atoms with E-state index in [-0.39, 0.29) is 0 Å². The minimum absolute atomic E-state index is 0.593. The molecule has 0 amide bonds. The molecular weight excluding hydrogens is 252 g/mol. The Hall–Kier alpha value is -1.36. The molecule has 1 aliphatic carbocycles. The van der Waals surface area contributed by atoms with Gasteiger partial charge in [-0.05, 0) is 45.1 Å². The van der Waals surface area contributed by atoms with E-state index in [1.807, 2.05) is 13.0 Å². The first-order chi connectivity index (χ1) is 9.74. The summed E-state index contributed by atoms with van der Waals surface area (Å²) in [4.78, 5) is 11.3. The van der Waals surface area contributed by atoms with E-state index in [0.29, 0.717) is 11.9 Å². The zero-order chi connectivity index (χ0) is 13.9. The van der Waals surface area contributed by atoms with Crippen molar-refractivity contribution in [3.8, 4) is 5.88 Å². The van der Waals surface area contributed by atoms with Crippen LogP contribution in [0, 0.1) is 12.8 Å². The van der Waals surface area contributed by atoms with Crippen LogP contribution in [0.25, 0.3) is 0 Å². The second kappa shape index (κ2) is 5.95. The van der Waals surface area contributed by atoms with E-state index >= 15 is 0 Å². The minimum Gasteiger partial charge on any atom is -0.481 e. The van der Waals surface area contributed by atoms with Crippen LogP contribution in [-0.4, -0.2) is 42.8 Å². The number of hydrogen-bond donors (Lipinski definition) is 1. The summed E-state index contributed by atoms with van der Waals surface area (Å²) in [5.74, 6) is 3.29. The average Bonchev–Trinajstić information content (AvgIpc) is 3.11. The highest BCUT2D eigenvalue weighted by Crippen LogP contribution is 2.32. The Morgan fingerprint density at radius 2 is 2.15 bits per heavy atom. The van der Waals surface area contributed by atoms with Crippen LogP contribution in [0.15, 0.2) is 6.07 Å². The van der Waals surface area contributed by atoms with Gasteiger partial charge in [-0.3, -0.25) is 0 Å². The second-order valence-electron chi connectivity index (χ2n) is 5.96. The lowest BCUT2D eigenvalue weighted by Gasteiger charge is -2.27. The van der Waals surface area contributed by atoms with E-state index in [0.717, 1.165) is 37.2 Å². The monoisotopic (exact) mass is 276 g/mol. The zero-order valence-electron chi connectivity index (χ0n) is 12.4. The van der Waals surface area contributed by atoms with Crippen LogP contribution in [-0.2, 0) is 0 Å². The molecule has 3 rings (SSSR count). The Kier molecular flexibility index (Phi) is 4.05. The zero-order valence-corrected chi connectivity index (χ0v) is 12.4. The van der Waals surface area contributed by atoms with Crippen molar-refractivity contribution >= 4 is 5.82 Å². The molecule has 2 aliphatic rings. The maximum absolute atomic E-state index is 5.28. The van der Waals surface area contributed by atoms with Crippen LogP contribution in [0.1, 0.15) is 31.5 Å². The molecule has 0 radical (unpaired) electrons. The van der Waals surface area contributed by atoms with Crippen LogP contribution < -0.4 is 15.0 Å². The lowest BCUT2D eigenvalue weighted by atomic mass is 10.2. The van der Waals surface area contributed by atoms with Gasteiger partial charge in [-0.15, -0.1) is 0 Å². The fourth-order valence-corrected chi connectivity index (χ4v) is 2.84. The van der Waals surface area contributed by atoms with Crippen molar-refractivity contribution < 1.29 is 4.74 Å². The van der Waals surface area contributed by atoms with E-state index in [1.54, 1.807) is 7.11 Å². The first kappa shape index (κ1) is 13.6. The number of ether oxygens (including phenoxy) is 1. The summed E-state index contributed by atoms with van der Waals surface area (Å²) >= 11 is 0. The van der Waals surface area contributed by atoms with Gasteiger partial charge in [0.05, 0.1) is 7.11 Å². The third kappa shape index (κ3) is 3.39. The summed E-state index contributed by atoms with van der Waals surface area (Å²) in [5, 5.41) is 3.58. The van der Waals surface area contributed by atoms with Gasteiger partial charge in [-0.25, -0.2) is 4.98 Å². The molecule has 1 aliphatic heterocycles. The first-order valence-corrected chi connectivity index (χ1v) is 7.62. The minimum atomic E-state index is 0.593. The second-order valence-corrected chi connectivity index (χ2v) is 5.96. The molecule has 5 nitrogen and oxygen atoms in total. The largest absolute Gasteiger partial charge is 0.481 e. The van der Waals surface area contributed by atoms with Gasteiger partial charge in [0.2, 0.25) is 5.88 Å². The van der Waals surface area contributed by atoms with Gasteiger partial charge in [0.15, 0.2) is 0 Å². The fraction of sp³-hybridized carbons (Fsp3) is 0.733. The Morgan fingerprint density at radius 1 is 1.30 bits per heavy atom. The van der Waals surface area contributed by atoms with Crippen LogP contribution in [0.4, 0.5) is 5.82 Å². The third-order valence-electron chi connectivity index (χ3n) is 4.11. The number of anilines is 1. The number of nitrogens with zero attached hydrogens (tertiary/aromatic N) is 3. The van der Waals surface area contributed by atoms with Gasteiger partial charge in [-0.2, -0.15) is 4.98 Å². The molecule has 5 heteroatoms. The van der Waals surface area contributed by atoms with Crippen molar-refractivity contribution in [2.24, 2.45) is 5.92 Å². The molecule has 0 bridgehead atoms. The molecular formula is C15H24N4O. The smallest absolute Gasteiger partial charge is 0.218 e.